The zero-order valence-electron chi connectivity index (χ0n) is 13.8. The summed E-state index contributed by atoms with van der Waals surface area (Å²) in [5.41, 5.74) is 4.02. The lowest BCUT2D eigenvalue weighted by Gasteiger charge is -2.02. The molecule has 24 heavy (non-hydrogen) atoms. The molecule has 3 nitrogen and oxygen atoms in total. The Morgan fingerprint density at radius 1 is 1.04 bits per heavy atom. The van der Waals surface area contributed by atoms with Gasteiger partial charge in [0.05, 0.1) is 23.4 Å². The molecule has 0 fully saturated rings. The van der Waals surface area contributed by atoms with E-state index in [1.165, 1.54) is 23.1 Å². The third-order valence-electron chi connectivity index (χ3n) is 3.89. The molecule has 0 amide bonds. The quantitative estimate of drug-likeness (QED) is 0.634. The van der Waals surface area contributed by atoms with Crippen LogP contribution < -0.4 is 0 Å². The number of carbonyl (C=O) groups excluding carboxylic acids is 1. The van der Waals surface area contributed by atoms with Gasteiger partial charge < -0.3 is 4.74 Å². The van der Waals surface area contributed by atoms with E-state index in [9.17, 15) is 4.79 Å². The van der Waals surface area contributed by atoms with E-state index in [2.05, 4.69) is 19.1 Å². The maximum atomic E-state index is 11.4. The molecule has 0 bridgehead atoms. The van der Waals surface area contributed by atoms with E-state index in [0.29, 0.717) is 5.56 Å². The minimum absolute atomic E-state index is 0.301. The molecule has 0 radical (unpaired) electrons. The summed E-state index contributed by atoms with van der Waals surface area (Å²) in [6.45, 7) is 2.12. The average Bonchev–Trinajstić information content (AvgIpc) is 3.01. The number of methoxy groups -OCH3 is 1. The molecule has 0 saturated heterocycles. The number of esters is 1. The zero-order chi connectivity index (χ0) is 16.9. The van der Waals surface area contributed by atoms with Gasteiger partial charge in [0.1, 0.15) is 0 Å². The van der Waals surface area contributed by atoms with Gasteiger partial charge in [-0.25, -0.2) is 9.78 Å². The van der Waals surface area contributed by atoms with E-state index >= 15 is 0 Å². The van der Waals surface area contributed by atoms with Crippen LogP contribution in [-0.2, 0) is 17.6 Å². The molecular formula is C20H19NO2S. The van der Waals surface area contributed by atoms with Crippen molar-refractivity contribution in [2.75, 3.05) is 7.11 Å². The average molecular weight is 337 g/mol. The molecule has 0 N–H and O–H groups in total. The van der Waals surface area contributed by atoms with Crippen LogP contribution in [0.1, 0.15) is 25.8 Å². The second-order valence-electron chi connectivity index (χ2n) is 5.57. The zero-order valence-corrected chi connectivity index (χ0v) is 14.6. The largest absolute Gasteiger partial charge is 0.465 e. The Kier molecular flexibility index (Phi) is 5.06. The molecule has 122 valence electrons. The number of rotatable bonds is 5. The maximum Gasteiger partial charge on any atom is 0.337 e. The van der Waals surface area contributed by atoms with Crippen LogP contribution in [0.4, 0.5) is 0 Å². The fourth-order valence-corrected chi connectivity index (χ4v) is 3.55. The first-order valence-corrected chi connectivity index (χ1v) is 8.68. The van der Waals surface area contributed by atoms with Gasteiger partial charge >= 0.3 is 5.97 Å². The predicted molar refractivity (Wildman–Crippen MR) is 97.5 cm³/mol. The van der Waals surface area contributed by atoms with Crippen LogP contribution in [0.5, 0.6) is 0 Å². The topological polar surface area (TPSA) is 39.2 Å². The van der Waals surface area contributed by atoms with Crippen LogP contribution in [-0.4, -0.2) is 18.1 Å². The Morgan fingerprint density at radius 2 is 1.75 bits per heavy atom. The molecule has 3 aromatic rings. The van der Waals surface area contributed by atoms with Gasteiger partial charge in [0, 0.05) is 16.9 Å². The summed E-state index contributed by atoms with van der Waals surface area (Å²) in [5, 5.41) is 1.14. The van der Waals surface area contributed by atoms with Crippen LogP contribution in [0.25, 0.3) is 11.3 Å². The second-order valence-corrected chi connectivity index (χ2v) is 6.85. The summed E-state index contributed by atoms with van der Waals surface area (Å²) in [6, 6.07) is 17.9. The van der Waals surface area contributed by atoms with Crippen LogP contribution >= 0.6 is 11.3 Å². The van der Waals surface area contributed by atoms with Crippen molar-refractivity contribution >= 4 is 17.3 Å². The van der Waals surface area contributed by atoms with Gasteiger partial charge in [-0.2, -0.15) is 0 Å². The van der Waals surface area contributed by atoms with E-state index in [4.69, 9.17) is 9.72 Å². The minimum Gasteiger partial charge on any atom is -0.465 e. The highest BCUT2D eigenvalue weighted by Crippen LogP contribution is 2.28. The molecule has 0 unspecified atom stereocenters. The Morgan fingerprint density at radius 3 is 2.42 bits per heavy atom. The van der Waals surface area contributed by atoms with Gasteiger partial charge in [-0.1, -0.05) is 42.5 Å². The standard InChI is InChI=1S/C20H19NO2S/c1-14-19(16-6-4-3-5-7-16)21-18(24-14)13-10-15-8-11-17(12-9-15)20(22)23-2/h3-9,11-12H,10,13H2,1-2H3. The Bertz CT molecular complexity index is 823. The number of thiazole rings is 1. The number of ether oxygens (including phenoxy) is 1. The van der Waals surface area contributed by atoms with E-state index in [0.717, 1.165) is 23.5 Å². The van der Waals surface area contributed by atoms with Gasteiger partial charge in [0.2, 0.25) is 0 Å². The van der Waals surface area contributed by atoms with Gasteiger partial charge in [-0.15, -0.1) is 11.3 Å². The predicted octanol–water partition coefficient (Wildman–Crippen LogP) is 4.69. The molecule has 2 aromatic carbocycles. The summed E-state index contributed by atoms with van der Waals surface area (Å²) in [6.07, 6.45) is 1.80. The number of benzene rings is 2. The highest BCUT2D eigenvalue weighted by atomic mass is 32.1. The summed E-state index contributed by atoms with van der Waals surface area (Å²) in [7, 11) is 1.39. The fourth-order valence-electron chi connectivity index (χ4n) is 2.60. The first-order chi connectivity index (χ1) is 11.7. The molecule has 3 rings (SSSR count). The minimum atomic E-state index is -0.301. The molecule has 0 saturated carbocycles. The molecular weight excluding hydrogens is 318 g/mol. The molecule has 1 aromatic heterocycles. The van der Waals surface area contributed by atoms with Crippen molar-refractivity contribution in [2.24, 2.45) is 0 Å². The normalized spacial score (nSPS) is 10.6. The summed E-state index contributed by atoms with van der Waals surface area (Å²) < 4.78 is 4.72. The van der Waals surface area contributed by atoms with E-state index < -0.39 is 0 Å². The van der Waals surface area contributed by atoms with Crippen molar-refractivity contribution in [3.05, 3.63) is 75.6 Å². The molecule has 0 spiro atoms. The Hall–Kier alpha value is -2.46. The molecule has 0 aliphatic heterocycles. The van der Waals surface area contributed by atoms with Crippen molar-refractivity contribution < 1.29 is 9.53 Å². The smallest absolute Gasteiger partial charge is 0.337 e. The SMILES string of the molecule is COC(=O)c1ccc(CCc2nc(-c3ccccc3)c(C)s2)cc1. The maximum absolute atomic E-state index is 11.4. The van der Waals surface area contributed by atoms with Crippen molar-refractivity contribution in [1.29, 1.82) is 0 Å². The Labute approximate surface area is 146 Å². The van der Waals surface area contributed by atoms with Gasteiger partial charge in [-0.05, 0) is 31.0 Å². The number of aromatic nitrogens is 1. The van der Waals surface area contributed by atoms with E-state index in [-0.39, 0.29) is 5.97 Å². The lowest BCUT2D eigenvalue weighted by molar-refractivity contribution is 0.0600. The summed E-state index contributed by atoms with van der Waals surface area (Å²) in [5.74, 6) is -0.301. The number of hydrogen-bond donors (Lipinski definition) is 0. The van der Waals surface area contributed by atoms with Crippen LogP contribution in [0.3, 0.4) is 0 Å². The third-order valence-corrected chi connectivity index (χ3v) is 4.92. The van der Waals surface area contributed by atoms with Crippen LogP contribution in [0.15, 0.2) is 54.6 Å². The lowest BCUT2D eigenvalue weighted by atomic mass is 10.1. The lowest BCUT2D eigenvalue weighted by Crippen LogP contribution is -2.01. The highest BCUT2D eigenvalue weighted by Gasteiger charge is 2.10. The first-order valence-electron chi connectivity index (χ1n) is 7.86. The fraction of sp³-hybridized carbons (Fsp3) is 0.200. The van der Waals surface area contributed by atoms with Crippen molar-refractivity contribution in [3.63, 3.8) is 0 Å². The van der Waals surface area contributed by atoms with Crippen LogP contribution in [0.2, 0.25) is 0 Å². The van der Waals surface area contributed by atoms with E-state index in [1.54, 1.807) is 11.3 Å². The van der Waals surface area contributed by atoms with Crippen molar-refractivity contribution in [2.45, 2.75) is 19.8 Å². The number of nitrogens with zero attached hydrogens (tertiary/aromatic N) is 1. The summed E-state index contributed by atoms with van der Waals surface area (Å²) >= 11 is 1.75. The van der Waals surface area contributed by atoms with Gasteiger partial charge in [0.15, 0.2) is 0 Å². The van der Waals surface area contributed by atoms with E-state index in [1.807, 2.05) is 42.5 Å². The van der Waals surface area contributed by atoms with Gasteiger partial charge in [0.25, 0.3) is 0 Å². The molecule has 1 heterocycles. The first kappa shape index (κ1) is 16.4. The Balaban J connectivity index is 1.68. The molecule has 4 heteroatoms. The number of aryl methyl sites for hydroxylation is 3. The molecule has 0 aliphatic rings. The molecule has 0 atom stereocenters. The van der Waals surface area contributed by atoms with Crippen molar-refractivity contribution in [1.82, 2.24) is 4.98 Å². The highest BCUT2D eigenvalue weighted by molar-refractivity contribution is 7.12. The number of carbonyl (C=O) groups is 1. The van der Waals surface area contributed by atoms with Crippen LogP contribution in [0, 0.1) is 6.92 Å². The monoisotopic (exact) mass is 337 g/mol. The summed E-state index contributed by atoms with van der Waals surface area (Å²) in [4.78, 5) is 17.5. The van der Waals surface area contributed by atoms with Crippen molar-refractivity contribution in [3.8, 4) is 11.3 Å². The second kappa shape index (κ2) is 7.41. The van der Waals surface area contributed by atoms with Gasteiger partial charge in [-0.3, -0.25) is 0 Å². The third kappa shape index (κ3) is 3.71. The number of hydrogen-bond acceptors (Lipinski definition) is 4. The molecule has 0 aliphatic carbocycles.